The minimum Gasteiger partial charge on any atom is -0.508 e. The molecular weight excluding hydrogens is 763 g/mol. The number of aliphatic hydroxyl groups excluding tert-OH is 1. The summed E-state index contributed by atoms with van der Waals surface area (Å²) in [6.07, 6.45) is 7.06. The van der Waals surface area contributed by atoms with Crippen molar-refractivity contribution in [3.05, 3.63) is 121 Å². The summed E-state index contributed by atoms with van der Waals surface area (Å²) in [5, 5.41) is 39.9. The van der Waals surface area contributed by atoms with Crippen molar-refractivity contribution in [3.63, 3.8) is 0 Å². The van der Waals surface area contributed by atoms with Gasteiger partial charge in [-0.15, -0.1) is 0 Å². The molecule has 3 aliphatic rings. The maximum atomic E-state index is 14.2. The van der Waals surface area contributed by atoms with Gasteiger partial charge in [0.1, 0.15) is 63.9 Å². The van der Waals surface area contributed by atoms with Gasteiger partial charge in [-0.25, -0.2) is 14.8 Å². The Morgan fingerprint density at radius 1 is 1.07 bits per heavy atom. The number of hydrogen-bond acceptors (Lipinski definition) is 13. The summed E-state index contributed by atoms with van der Waals surface area (Å²) in [6.45, 7) is 8.86. The minimum absolute atomic E-state index is 0.0185. The molecule has 0 radical (unpaired) electrons. The number of nitrogens with two attached hydrogens (primary N) is 1. The third-order valence-corrected chi connectivity index (χ3v) is 12.8. The Morgan fingerprint density at radius 2 is 1.90 bits per heavy atom. The molecule has 2 aromatic carbocycles. The minimum atomic E-state index is -1.24. The van der Waals surface area contributed by atoms with Crippen molar-refractivity contribution >= 4 is 28.6 Å². The summed E-state index contributed by atoms with van der Waals surface area (Å²) in [5.41, 5.74) is 11.1. The van der Waals surface area contributed by atoms with Crippen molar-refractivity contribution in [2.24, 2.45) is 5.92 Å². The molecule has 7 N–H and O–H groups in total. The fourth-order valence-corrected chi connectivity index (χ4v) is 9.69. The zero-order chi connectivity index (χ0) is 42.3. The first kappa shape index (κ1) is 40.8. The summed E-state index contributed by atoms with van der Waals surface area (Å²) >= 11 is 0. The molecule has 0 spiro atoms. The number of benzene rings is 2. The average molecular weight is 816 g/mol. The molecule has 4 bridgehead atoms. The molecule has 0 saturated heterocycles. The number of phenols is 2. The van der Waals surface area contributed by atoms with E-state index in [2.05, 4.69) is 15.6 Å². The van der Waals surface area contributed by atoms with Gasteiger partial charge in [-0.05, 0) is 112 Å². The zero-order valence-corrected chi connectivity index (χ0v) is 34.5. The average Bonchev–Trinajstić information content (AvgIpc) is 3.29. The van der Waals surface area contributed by atoms with E-state index >= 15 is 0 Å². The van der Waals surface area contributed by atoms with Gasteiger partial charge in [-0.2, -0.15) is 0 Å². The lowest BCUT2D eigenvalue weighted by Crippen LogP contribution is -2.57. The first-order valence-electron chi connectivity index (χ1n) is 20.9. The maximum absolute atomic E-state index is 14.2. The molecule has 0 fully saturated rings. The molecule has 13 nitrogen and oxygen atoms in total. The number of carbonyl (C=O) groups is 1. The van der Waals surface area contributed by atoms with Gasteiger partial charge in [-0.3, -0.25) is 4.79 Å². The molecule has 0 saturated carbocycles. The highest BCUT2D eigenvalue weighted by Gasteiger charge is 2.53. The largest absolute Gasteiger partial charge is 0.508 e. The van der Waals surface area contributed by atoms with E-state index < -0.39 is 35.6 Å². The van der Waals surface area contributed by atoms with Crippen LogP contribution in [0.15, 0.2) is 75.7 Å². The summed E-state index contributed by atoms with van der Waals surface area (Å²) in [7, 11) is 0. The van der Waals surface area contributed by atoms with Crippen molar-refractivity contribution in [2.75, 3.05) is 30.7 Å². The van der Waals surface area contributed by atoms with Crippen LogP contribution < -0.4 is 26.5 Å². The van der Waals surface area contributed by atoms with Crippen LogP contribution in [0.2, 0.25) is 0 Å². The van der Waals surface area contributed by atoms with Gasteiger partial charge in [0, 0.05) is 72.1 Å². The molecule has 8 rings (SSSR count). The normalized spacial score (nSPS) is 22.1. The van der Waals surface area contributed by atoms with Gasteiger partial charge in [0.25, 0.3) is 0 Å². The topological polar surface area (TPSA) is 202 Å². The summed E-state index contributed by atoms with van der Waals surface area (Å²) in [5.74, 6) is -0.419. The van der Waals surface area contributed by atoms with E-state index in [4.69, 9.17) is 24.6 Å². The number of aromatic nitrogens is 2. The number of allylic oxidation sites excluding steroid dienone is 1. The van der Waals surface area contributed by atoms with Gasteiger partial charge in [0.2, 0.25) is 0 Å². The quantitative estimate of drug-likeness (QED) is 0.0675. The van der Waals surface area contributed by atoms with Crippen molar-refractivity contribution in [2.45, 2.75) is 96.4 Å². The molecule has 13 heteroatoms. The number of esters is 1. The third kappa shape index (κ3) is 7.34. The summed E-state index contributed by atoms with van der Waals surface area (Å²) in [6, 6.07) is 12.6. The first-order chi connectivity index (χ1) is 29.0. The summed E-state index contributed by atoms with van der Waals surface area (Å²) < 4.78 is 20.4. The van der Waals surface area contributed by atoms with E-state index in [1.54, 1.807) is 31.3 Å². The number of likely N-dealkylation sites (N-methyl/N-ethyl adjacent to an activating group) is 1. The molecule has 314 valence electrons. The number of pyridine rings is 2. The van der Waals surface area contributed by atoms with Gasteiger partial charge in [-0.1, -0.05) is 25.1 Å². The first-order valence-corrected chi connectivity index (χ1v) is 20.9. The van der Waals surface area contributed by atoms with E-state index in [1.165, 1.54) is 6.07 Å². The van der Waals surface area contributed by atoms with E-state index in [0.717, 1.165) is 40.2 Å². The highest BCUT2D eigenvalue weighted by atomic mass is 16.6. The molecule has 5 atom stereocenters. The molecule has 0 amide bonds. The second kappa shape index (κ2) is 16.6. The predicted molar refractivity (Wildman–Crippen MR) is 229 cm³/mol. The van der Waals surface area contributed by atoms with Crippen molar-refractivity contribution < 1.29 is 34.0 Å². The molecule has 5 unspecified atom stereocenters. The van der Waals surface area contributed by atoms with E-state index in [0.29, 0.717) is 73.5 Å². The lowest BCUT2D eigenvalue weighted by atomic mass is 9.68. The van der Waals surface area contributed by atoms with Gasteiger partial charge >= 0.3 is 5.97 Å². The van der Waals surface area contributed by atoms with Crippen LogP contribution in [-0.2, 0) is 41.8 Å². The second-order valence-electron chi connectivity index (χ2n) is 16.4. The number of aliphatic hydroxyl groups is 1. The highest BCUT2D eigenvalue weighted by molar-refractivity contribution is 5.92. The number of nitrogens with zero attached hydrogens (tertiary/aromatic N) is 2. The van der Waals surface area contributed by atoms with Gasteiger partial charge in [0.05, 0.1) is 0 Å². The lowest BCUT2D eigenvalue weighted by Gasteiger charge is -2.49. The van der Waals surface area contributed by atoms with Crippen LogP contribution in [0.5, 0.6) is 17.2 Å². The Bertz CT molecular complexity index is 2540. The number of carbonyl (C=O) groups excluding carboxylic acids is 1. The monoisotopic (exact) mass is 815 g/mol. The van der Waals surface area contributed by atoms with Crippen molar-refractivity contribution in [1.82, 2.24) is 15.3 Å². The number of aryl methyl sites for hydroxylation is 1. The van der Waals surface area contributed by atoms with Gasteiger partial charge in [0.15, 0.2) is 5.43 Å². The van der Waals surface area contributed by atoms with Crippen LogP contribution >= 0.6 is 0 Å². The molecule has 2 aliphatic heterocycles. The van der Waals surface area contributed by atoms with Crippen LogP contribution in [0.1, 0.15) is 97.1 Å². The number of anilines is 2. The van der Waals surface area contributed by atoms with E-state index in [1.807, 2.05) is 51.2 Å². The Labute approximate surface area is 348 Å². The van der Waals surface area contributed by atoms with Crippen LogP contribution in [0.4, 0.5) is 11.6 Å². The van der Waals surface area contributed by atoms with Crippen molar-refractivity contribution in [3.8, 4) is 17.2 Å². The predicted octanol–water partition coefficient (Wildman–Crippen LogP) is 6.33. The number of fused-ring (bicyclic) bond motifs is 5. The number of aromatic hydroxyl groups is 2. The number of hydrogen-bond donors (Lipinski definition) is 6. The second-order valence-corrected chi connectivity index (χ2v) is 16.4. The van der Waals surface area contributed by atoms with E-state index in [-0.39, 0.29) is 46.5 Å². The van der Waals surface area contributed by atoms with E-state index in [9.17, 15) is 24.9 Å². The van der Waals surface area contributed by atoms with Crippen molar-refractivity contribution in [1.29, 1.82) is 0 Å². The number of ether oxygens (including phenoxy) is 2. The fourth-order valence-electron chi connectivity index (χ4n) is 9.69. The molecule has 5 aromatic rings. The molecule has 5 heterocycles. The maximum Gasteiger partial charge on any atom is 0.335 e. The Hall–Kier alpha value is -5.92. The molecule has 3 aromatic heterocycles. The zero-order valence-electron chi connectivity index (χ0n) is 34.5. The number of rotatable bonds is 10. The van der Waals surface area contributed by atoms with Gasteiger partial charge < -0.3 is 45.6 Å². The standard InChI is InChI=1S/C47H53N5O8/c1-5-26(23-49-6-2)46(57)59-37-21-35-42(56)41-36(55)20-32(24-53)58-44(41)40-34-19-29-18-31(54)12-11-27(29)9-10-28(39-33(34)14-15-51-45(39)48)17-30(47(37,4)60-43(35)40)16-25-8-13-38(50-7-3)52-22-25/h5,8,11-15,18,20,22,28,30,34,37,49,53-54,56H,6-7,9-10,16-17,19,21,23-24H2,1-4H3,(H2,48,51)(H,50,52). The number of nitrogens with one attached hydrogen (secondary N) is 2. The van der Waals surface area contributed by atoms with Crippen LogP contribution in [0.3, 0.4) is 0 Å². The SMILES string of the molecule is CC=C(CNCC)C(=O)OC1Cc2c3c(c4oc(CO)cc(=O)c4c2O)C2Cc4cc(O)ccc4CCC(CC(Cc4ccc(NCC)nc4)C1(C)O3)c1c2ccnc1N. The molecule has 60 heavy (non-hydrogen) atoms. The number of nitrogen functional groups attached to an aromatic ring is 1. The molecular formula is C47H53N5O8. The van der Waals surface area contributed by atoms with Crippen LogP contribution in [-0.4, -0.2) is 62.6 Å². The highest BCUT2D eigenvalue weighted by Crippen LogP contribution is 2.56. The molecule has 1 aliphatic carbocycles. The Balaban J connectivity index is 1.45. The Morgan fingerprint density at radius 3 is 2.63 bits per heavy atom. The third-order valence-electron chi connectivity index (χ3n) is 12.8. The van der Waals surface area contributed by atoms with Crippen LogP contribution in [0, 0.1) is 5.92 Å². The number of phenolic OH excluding ortho intramolecular Hbond substituents is 2. The fraction of sp³-hybridized carbons (Fsp3) is 0.404. The Kier molecular flexibility index (Phi) is 11.3. The lowest BCUT2D eigenvalue weighted by molar-refractivity contribution is -0.165. The summed E-state index contributed by atoms with van der Waals surface area (Å²) in [4.78, 5) is 37.6. The smallest absolute Gasteiger partial charge is 0.335 e. The van der Waals surface area contributed by atoms with Crippen LogP contribution in [0.25, 0.3) is 11.0 Å².